The molecule has 2 unspecified atom stereocenters. The molecule has 0 aromatic heterocycles. The van der Waals surface area contributed by atoms with Gasteiger partial charge in [-0.3, -0.25) is 0 Å². The van der Waals surface area contributed by atoms with Crippen LogP contribution in [0.1, 0.15) is 142 Å². The molecule has 337 valence electrons. The maximum atomic E-state index is 2.84. The Morgan fingerprint density at radius 1 is 0.379 bits per heavy atom. The Morgan fingerprint density at radius 3 is 0.970 bits per heavy atom. The fourth-order valence-electron chi connectivity index (χ4n) is 12.8. The van der Waals surface area contributed by atoms with Gasteiger partial charge in [0.1, 0.15) is 0 Å². The van der Waals surface area contributed by atoms with E-state index < -0.39 is 26.8 Å². The zero-order chi connectivity index (χ0) is 45.3. The molecular weight excluding hydrogens is 888 g/mol. The first kappa shape index (κ1) is 45.7. The van der Waals surface area contributed by atoms with Gasteiger partial charge in [-0.15, -0.1) is 0 Å². The molecular formula is C64H73SiZr. The predicted octanol–water partition coefficient (Wildman–Crippen LogP) is 18.5. The summed E-state index contributed by atoms with van der Waals surface area (Å²) < 4.78 is 1.11. The molecule has 10 rings (SSSR count). The number of allylic oxidation sites excluding steroid dienone is 2. The van der Waals surface area contributed by atoms with Crippen molar-refractivity contribution in [1.29, 1.82) is 0 Å². The van der Waals surface area contributed by atoms with Gasteiger partial charge in [0.15, 0.2) is 0 Å². The van der Waals surface area contributed by atoms with E-state index in [0.29, 0.717) is 7.25 Å². The van der Waals surface area contributed by atoms with Crippen molar-refractivity contribution in [2.75, 3.05) is 0 Å². The molecule has 0 nitrogen and oxygen atoms in total. The zero-order valence-corrected chi connectivity index (χ0v) is 44.6. The topological polar surface area (TPSA) is 0 Å². The number of hydrogen-bond acceptors (Lipinski definition) is 0. The normalized spacial score (nSPS) is 19.0. The molecule has 0 N–H and O–H groups in total. The molecule has 0 heterocycles. The minimum absolute atomic E-state index is 0.557. The summed E-state index contributed by atoms with van der Waals surface area (Å²) in [5.74, 6) is 0.330. The molecule has 0 aliphatic heterocycles. The molecule has 0 spiro atoms. The van der Waals surface area contributed by atoms with Gasteiger partial charge in [-0.1, -0.05) is 0 Å². The standard InChI is InChI=1S/2C31H33.C2H7Si.Zr/c2*1-22-9-13-26(14-10-22)28-17-18-29(27-15-11-23(2)12-16-27)31-21-25(20-30(28)31)19-24-7-5-3-4-6-8-24;1-3-2;/h2*9-18,20-21,24H,3-8,19H2,1-2H3;3H,1-2H3;. The van der Waals surface area contributed by atoms with Crippen molar-refractivity contribution >= 4 is 18.1 Å². The van der Waals surface area contributed by atoms with Crippen molar-refractivity contribution in [3.8, 4) is 44.5 Å². The molecule has 0 saturated heterocycles. The van der Waals surface area contributed by atoms with E-state index in [-0.39, 0.29) is 0 Å². The van der Waals surface area contributed by atoms with Crippen LogP contribution in [0.15, 0.2) is 132 Å². The first-order chi connectivity index (χ1) is 32.2. The summed E-state index contributed by atoms with van der Waals surface area (Å²) >= 11 is -2.67. The van der Waals surface area contributed by atoms with E-state index in [9.17, 15) is 0 Å². The monoisotopic (exact) mass is 959 g/mol. The van der Waals surface area contributed by atoms with Gasteiger partial charge in [-0.2, -0.15) is 0 Å². The van der Waals surface area contributed by atoms with E-state index in [4.69, 9.17) is 0 Å². The fourth-order valence-corrected chi connectivity index (χ4v) is 35.6. The van der Waals surface area contributed by atoms with Crippen LogP contribution in [0.5, 0.6) is 0 Å². The van der Waals surface area contributed by atoms with E-state index in [0.717, 1.165) is 11.8 Å². The summed E-state index contributed by atoms with van der Waals surface area (Å²) in [6, 6.07) is 48.3. The van der Waals surface area contributed by atoms with Crippen molar-refractivity contribution in [3.05, 3.63) is 177 Å². The summed E-state index contributed by atoms with van der Waals surface area (Å²) in [7, 11) is 0. The number of fused-ring (bicyclic) bond motifs is 2. The Hall–Kier alpha value is -4.10. The van der Waals surface area contributed by atoms with E-state index in [1.807, 2.05) is 11.1 Å². The summed E-state index contributed by atoms with van der Waals surface area (Å²) in [6.45, 7) is 14.6. The average Bonchev–Trinajstić information content (AvgIpc) is 3.58. The third-order valence-electron chi connectivity index (χ3n) is 16.3. The molecule has 4 aliphatic carbocycles. The Bertz CT molecular complexity index is 2510. The molecule has 0 amide bonds. The Labute approximate surface area is 407 Å². The average molecular weight is 962 g/mol. The Morgan fingerprint density at radius 2 is 0.667 bits per heavy atom. The Balaban J connectivity index is 1.24. The van der Waals surface area contributed by atoms with E-state index in [1.165, 1.54) is 157 Å². The van der Waals surface area contributed by atoms with Crippen LogP contribution < -0.4 is 0 Å². The van der Waals surface area contributed by atoms with Crippen LogP contribution in [-0.2, 0) is 20.9 Å². The van der Waals surface area contributed by atoms with E-state index in [1.54, 1.807) is 22.3 Å². The maximum absolute atomic E-state index is 2.84. The zero-order valence-electron chi connectivity index (χ0n) is 41.0. The van der Waals surface area contributed by atoms with Crippen LogP contribution in [0.4, 0.5) is 0 Å². The molecule has 2 fully saturated rings. The molecule has 6 aromatic rings. The summed E-state index contributed by atoms with van der Waals surface area (Å²) in [5, 5.41) is 0. The van der Waals surface area contributed by atoms with Gasteiger partial charge < -0.3 is 0 Å². The van der Waals surface area contributed by atoms with Gasteiger partial charge in [-0.25, -0.2) is 0 Å². The van der Waals surface area contributed by atoms with Crippen molar-refractivity contribution in [2.45, 2.75) is 138 Å². The van der Waals surface area contributed by atoms with Gasteiger partial charge >= 0.3 is 410 Å². The summed E-state index contributed by atoms with van der Waals surface area (Å²) in [4.78, 5) is 0. The summed E-state index contributed by atoms with van der Waals surface area (Å²) in [6.07, 6.45) is 25.0. The van der Waals surface area contributed by atoms with Gasteiger partial charge in [0.25, 0.3) is 0 Å². The van der Waals surface area contributed by atoms with Crippen LogP contribution in [-0.4, -0.2) is 5.92 Å². The number of benzene rings is 6. The molecule has 2 heteroatoms. The Kier molecular flexibility index (Phi) is 14.0. The van der Waals surface area contributed by atoms with Gasteiger partial charge in [-0.05, 0) is 0 Å². The van der Waals surface area contributed by atoms with Crippen molar-refractivity contribution in [1.82, 2.24) is 0 Å². The third-order valence-corrected chi connectivity index (χ3v) is 38.0. The van der Waals surface area contributed by atoms with Crippen molar-refractivity contribution in [2.24, 2.45) is 11.8 Å². The second kappa shape index (κ2) is 20.2. The number of rotatable bonds is 11. The second-order valence-corrected chi connectivity index (χ2v) is 41.6. The van der Waals surface area contributed by atoms with Crippen molar-refractivity contribution in [3.63, 3.8) is 0 Å². The predicted molar refractivity (Wildman–Crippen MR) is 286 cm³/mol. The van der Waals surface area contributed by atoms with Crippen LogP contribution in [0.2, 0.25) is 13.1 Å². The van der Waals surface area contributed by atoms with Crippen LogP contribution in [0.3, 0.4) is 0 Å². The molecule has 0 bridgehead atoms. The molecule has 66 heavy (non-hydrogen) atoms. The van der Waals surface area contributed by atoms with Crippen LogP contribution in [0, 0.1) is 39.5 Å². The van der Waals surface area contributed by atoms with Crippen LogP contribution >= 0.6 is 0 Å². The molecule has 4 aliphatic rings. The van der Waals surface area contributed by atoms with Gasteiger partial charge in [0, 0.05) is 0 Å². The molecule has 2 atom stereocenters. The second-order valence-electron chi connectivity index (χ2n) is 21.5. The number of aryl methyl sites for hydroxylation is 4. The third kappa shape index (κ3) is 9.50. The van der Waals surface area contributed by atoms with Crippen LogP contribution in [0.25, 0.3) is 56.7 Å². The molecule has 2 saturated carbocycles. The quantitative estimate of drug-likeness (QED) is 0.0897. The first-order valence-electron chi connectivity index (χ1n) is 26.1. The number of hydrogen-bond donors (Lipinski definition) is 0. The van der Waals surface area contributed by atoms with Gasteiger partial charge in [0.2, 0.25) is 0 Å². The SMILES string of the molecule is Cc1ccc(-c2ccc(-c3ccc(C)cc3)c3c2C=C(CC2CCCCCC2)[CH]3[Zr]([CH]2C(CC3CCCCCC3)=Cc3c(-c4ccc(C)cc4)ccc(-c4ccc(C)cc4)c32)[SiH](C)C)cc1. The molecule has 6 aromatic carbocycles. The van der Waals surface area contributed by atoms with E-state index >= 15 is 0 Å². The minimum atomic E-state index is -2.67. The summed E-state index contributed by atoms with van der Waals surface area (Å²) in [5.41, 5.74) is 27.0. The molecule has 0 radical (unpaired) electrons. The van der Waals surface area contributed by atoms with Crippen molar-refractivity contribution < 1.29 is 20.9 Å². The first-order valence-corrected chi connectivity index (χ1v) is 36.1. The fraction of sp³-hybridized carbons (Fsp3) is 0.375. The van der Waals surface area contributed by atoms with Gasteiger partial charge in [0.05, 0.1) is 0 Å². The van der Waals surface area contributed by atoms with E-state index in [2.05, 4.69) is 174 Å².